The van der Waals surface area contributed by atoms with Gasteiger partial charge < -0.3 is 4.74 Å². The zero-order valence-electron chi connectivity index (χ0n) is 11.1. The lowest BCUT2D eigenvalue weighted by Gasteiger charge is -2.04. The minimum atomic E-state index is -3.59. The highest BCUT2D eigenvalue weighted by molar-refractivity contribution is 7.92. The van der Waals surface area contributed by atoms with E-state index in [4.69, 9.17) is 4.74 Å². The van der Waals surface area contributed by atoms with Crippen LogP contribution in [0.3, 0.4) is 0 Å². The molecular formula is C13H11N3O3S2. The molecule has 0 N–H and O–H groups in total. The van der Waals surface area contributed by atoms with Crippen LogP contribution in [-0.2, 0) is 15.6 Å². The maximum Gasteiger partial charge on any atom is 0.329 e. The molecule has 0 bridgehead atoms. The molecule has 0 aliphatic rings. The van der Waals surface area contributed by atoms with E-state index in [2.05, 4.69) is 14.3 Å². The Hall–Kier alpha value is -2.06. The van der Waals surface area contributed by atoms with Crippen molar-refractivity contribution in [3.63, 3.8) is 0 Å². The monoisotopic (exact) mass is 321 g/mol. The molecule has 0 saturated heterocycles. The first kappa shape index (κ1) is 13.9. The van der Waals surface area contributed by atoms with Crippen molar-refractivity contribution in [1.29, 1.82) is 0 Å². The largest absolute Gasteiger partial charge is 0.466 e. The number of fused-ring (bicyclic) bond motifs is 1. The second kappa shape index (κ2) is 5.38. The quantitative estimate of drug-likeness (QED) is 0.731. The molecule has 0 fully saturated rings. The predicted octanol–water partition coefficient (Wildman–Crippen LogP) is 2.07. The van der Waals surface area contributed by atoms with E-state index in [1.54, 1.807) is 6.20 Å². The van der Waals surface area contributed by atoms with Crippen molar-refractivity contribution in [1.82, 2.24) is 14.3 Å². The van der Waals surface area contributed by atoms with E-state index in [0.717, 1.165) is 22.3 Å². The van der Waals surface area contributed by atoms with Gasteiger partial charge in [0, 0.05) is 23.1 Å². The third kappa shape index (κ3) is 2.72. The summed E-state index contributed by atoms with van der Waals surface area (Å²) in [6, 6.07) is 9.43. The van der Waals surface area contributed by atoms with E-state index < -0.39 is 9.84 Å². The van der Waals surface area contributed by atoms with Crippen LogP contribution in [0.25, 0.3) is 10.8 Å². The van der Waals surface area contributed by atoms with Gasteiger partial charge in [0.2, 0.25) is 14.2 Å². The van der Waals surface area contributed by atoms with Crippen molar-refractivity contribution in [2.75, 3.05) is 7.11 Å². The summed E-state index contributed by atoms with van der Waals surface area (Å²) >= 11 is 0.804. The van der Waals surface area contributed by atoms with Crippen LogP contribution in [0, 0.1) is 0 Å². The number of benzene rings is 1. The third-order valence-corrected chi connectivity index (χ3v) is 5.68. The van der Waals surface area contributed by atoms with Crippen molar-refractivity contribution < 1.29 is 13.2 Å². The lowest BCUT2D eigenvalue weighted by Crippen LogP contribution is -2.06. The molecule has 0 aliphatic carbocycles. The highest BCUT2D eigenvalue weighted by Crippen LogP contribution is 2.23. The zero-order valence-corrected chi connectivity index (χ0v) is 12.7. The maximum absolute atomic E-state index is 12.4. The minimum Gasteiger partial charge on any atom is -0.466 e. The predicted molar refractivity (Wildman–Crippen MR) is 79.1 cm³/mol. The van der Waals surface area contributed by atoms with Crippen molar-refractivity contribution >= 4 is 32.1 Å². The SMILES string of the molecule is COc1nsc(S(=O)(=O)Cc2nccc3ccccc23)n1. The number of methoxy groups -OCH3 is 1. The Labute approximate surface area is 125 Å². The summed E-state index contributed by atoms with van der Waals surface area (Å²) in [7, 11) is -2.20. The Morgan fingerprint density at radius 3 is 2.81 bits per heavy atom. The summed E-state index contributed by atoms with van der Waals surface area (Å²) in [4.78, 5) is 8.04. The molecule has 0 radical (unpaired) electrons. The second-order valence-electron chi connectivity index (χ2n) is 4.28. The first-order valence-corrected chi connectivity index (χ1v) is 8.46. The van der Waals surface area contributed by atoms with E-state index in [1.165, 1.54) is 7.11 Å². The summed E-state index contributed by atoms with van der Waals surface area (Å²) in [6.07, 6.45) is 1.61. The van der Waals surface area contributed by atoms with Crippen LogP contribution >= 0.6 is 11.5 Å². The second-order valence-corrected chi connectivity index (χ2v) is 7.20. The number of pyridine rings is 1. The Bertz CT molecular complexity index is 885. The number of rotatable bonds is 4. The zero-order chi connectivity index (χ0) is 14.9. The van der Waals surface area contributed by atoms with Gasteiger partial charge in [0.05, 0.1) is 12.8 Å². The fourth-order valence-corrected chi connectivity index (χ4v) is 4.01. The lowest BCUT2D eigenvalue weighted by atomic mass is 10.1. The first-order chi connectivity index (χ1) is 10.1. The molecule has 0 aliphatic heterocycles. The van der Waals surface area contributed by atoms with Gasteiger partial charge >= 0.3 is 6.01 Å². The molecule has 21 heavy (non-hydrogen) atoms. The van der Waals surface area contributed by atoms with Gasteiger partial charge in [0.1, 0.15) is 5.75 Å². The van der Waals surface area contributed by atoms with Crippen LogP contribution < -0.4 is 4.74 Å². The Morgan fingerprint density at radius 2 is 2.05 bits per heavy atom. The van der Waals surface area contributed by atoms with Crippen LogP contribution in [0.15, 0.2) is 40.9 Å². The van der Waals surface area contributed by atoms with Crippen molar-refractivity contribution in [2.24, 2.45) is 0 Å². The van der Waals surface area contributed by atoms with Crippen LogP contribution in [0.1, 0.15) is 5.69 Å². The molecule has 0 unspecified atom stereocenters. The maximum atomic E-state index is 12.4. The molecule has 108 valence electrons. The number of aromatic nitrogens is 3. The van der Waals surface area contributed by atoms with Gasteiger partial charge in [0.25, 0.3) is 0 Å². The summed E-state index contributed by atoms with van der Waals surface area (Å²) < 4.78 is 33.3. The Kier molecular flexibility index (Phi) is 3.56. The number of sulfone groups is 1. The fourth-order valence-electron chi connectivity index (χ4n) is 1.95. The van der Waals surface area contributed by atoms with Gasteiger partial charge in [-0.15, -0.1) is 4.37 Å². The van der Waals surface area contributed by atoms with Crippen LogP contribution in [0.5, 0.6) is 6.01 Å². The van der Waals surface area contributed by atoms with E-state index in [1.807, 2.05) is 30.3 Å². The lowest BCUT2D eigenvalue weighted by molar-refractivity contribution is 0.383. The van der Waals surface area contributed by atoms with Crippen LogP contribution in [-0.4, -0.2) is 29.9 Å². The van der Waals surface area contributed by atoms with Crippen molar-refractivity contribution in [3.8, 4) is 6.01 Å². The van der Waals surface area contributed by atoms with Gasteiger partial charge in [-0.05, 0) is 11.5 Å². The van der Waals surface area contributed by atoms with Crippen LogP contribution in [0.2, 0.25) is 0 Å². The number of nitrogens with zero attached hydrogens (tertiary/aromatic N) is 3. The van der Waals surface area contributed by atoms with E-state index in [9.17, 15) is 8.42 Å². The van der Waals surface area contributed by atoms with Crippen molar-refractivity contribution in [3.05, 3.63) is 42.2 Å². The number of ether oxygens (including phenoxy) is 1. The van der Waals surface area contributed by atoms with Crippen molar-refractivity contribution in [2.45, 2.75) is 10.1 Å². The molecule has 0 spiro atoms. The highest BCUT2D eigenvalue weighted by atomic mass is 32.2. The summed E-state index contributed by atoms with van der Waals surface area (Å²) in [5, 5.41) is 1.77. The molecule has 8 heteroatoms. The van der Waals surface area contributed by atoms with Gasteiger partial charge in [-0.1, -0.05) is 24.3 Å². The fraction of sp³-hybridized carbons (Fsp3) is 0.154. The number of hydrogen-bond acceptors (Lipinski definition) is 7. The van der Waals surface area contributed by atoms with Gasteiger partial charge in [-0.2, -0.15) is 4.98 Å². The van der Waals surface area contributed by atoms with Gasteiger partial charge in [0.15, 0.2) is 0 Å². The van der Waals surface area contributed by atoms with Gasteiger partial charge in [-0.3, -0.25) is 4.98 Å². The molecule has 3 rings (SSSR count). The Morgan fingerprint density at radius 1 is 1.24 bits per heavy atom. The molecule has 3 aromatic rings. The molecular weight excluding hydrogens is 310 g/mol. The normalized spacial score (nSPS) is 11.7. The molecule has 0 saturated carbocycles. The average Bonchev–Trinajstić information content (AvgIpc) is 2.97. The molecule has 2 heterocycles. The number of hydrogen-bond donors (Lipinski definition) is 0. The minimum absolute atomic E-state index is 0.0597. The molecule has 1 aromatic carbocycles. The average molecular weight is 321 g/mol. The third-order valence-electron chi connectivity index (χ3n) is 2.92. The summed E-state index contributed by atoms with van der Waals surface area (Å²) in [5.41, 5.74) is 0.502. The molecule has 6 nitrogen and oxygen atoms in total. The summed E-state index contributed by atoms with van der Waals surface area (Å²) in [5.74, 6) is -0.216. The summed E-state index contributed by atoms with van der Waals surface area (Å²) in [6.45, 7) is 0. The van der Waals surface area contributed by atoms with E-state index >= 15 is 0 Å². The van der Waals surface area contributed by atoms with Crippen LogP contribution in [0.4, 0.5) is 0 Å². The highest BCUT2D eigenvalue weighted by Gasteiger charge is 2.22. The molecule has 2 aromatic heterocycles. The van der Waals surface area contributed by atoms with Gasteiger partial charge in [-0.25, -0.2) is 8.42 Å². The first-order valence-electron chi connectivity index (χ1n) is 6.03. The Balaban J connectivity index is 2.01. The smallest absolute Gasteiger partial charge is 0.329 e. The molecule has 0 amide bonds. The van der Waals surface area contributed by atoms with E-state index in [-0.39, 0.29) is 16.1 Å². The van der Waals surface area contributed by atoms with E-state index in [0.29, 0.717) is 5.69 Å². The molecule has 0 atom stereocenters. The standard InChI is InChI=1S/C13H11N3O3S2/c1-19-12-15-13(20-16-12)21(17,18)8-11-10-5-3-2-4-9(10)6-7-14-11/h2-7H,8H2,1H3. The topological polar surface area (TPSA) is 82.0 Å².